The van der Waals surface area contributed by atoms with Gasteiger partial charge in [-0.1, -0.05) is 168 Å². The Hall–Kier alpha value is -4.50. The maximum absolute atomic E-state index is 4.59. The number of thioether (sulfide) groups is 3. The molecule has 0 bridgehead atoms. The van der Waals surface area contributed by atoms with Crippen molar-refractivity contribution in [2.24, 2.45) is 0 Å². The number of allylic oxidation sites excluding steroid dienone is 8. The van der Waals surface area contributed by atoms with E-state index in [-0.39, 0.29) is 0 Å². The van der Waals surface area contributed by atoms with Gasteiger partial charge in [-0.25, -0.2) is 0 Å². The summed E-state index contributed by atoms with van der Waals surface area (Å²) in [5.74, 6) is 0. The third-order valence-electron chi connectivity index (χ3n) is 9.05. The normalized spacial score (nSPS) is 15.4. The smallest absolute Gasteiger partial charge is 0.131 e. The molecule has 2 aromatic heterocycles. The van der Waals surface area contributed by atoms with E-state index in [1.165, 1.54) is 69.0 Å². The Balaban J connectivity index is 1.20. The summed E-state index contributed by atoms with van der Waals surface area (Å²) in [4.78, 5) is 6.31. The van der Waals surface area contributed by atoms with E-state index in [1.807, 2.05) is 23.1 Å². The second kappa shape index (κ2) is 17.8. The lowest BCUT2D eigenvalue weighted by Crippen LogP contribution is -2.00. The van der Waals surface area contributed by atoms with Crippen LogP contribution in [0.2, 0.25) is 0 Å². The molecule has 0 N–H and O–H groups in total. The molecule has 7 heteroatoms. The van der Waals surface area contributed by atoms with Gasteiger partial charge in [0.05, 0.1) is 0 Å². The summed E-state index contributed by atoms with van der Waals surface area (Å²) in [5, 5.41) is 9.02. The first kappa shape index (κ1) is 36.5. The highest BCUT2D eigenvalue weighted by Gasteiger charge is 2.21. The summed E-state index contributed by atoms with van der Waals surface area (Å²) in [6.07, 6.45) is 19.1. The first-order valence-electron chi connectivity index (χ1n) is 17.9. The van der Waals surface area contributed by atoms with Crippen LogP contribution >= 0.6 is 58.0 Å². The molecule has 8 rings (SSSR count). The van der Waals surface area contributed by atoms with Gasteiger partial charge in [0.1, 0.15) is 0 Å². The molecular formula is C47H37N2S5+. The second-order valence-electron chi connectivity index (χ2n) is 12.7. The standard InChI is InChI=1S/C47H37N2S5/c1-50-46-48-49-47(54-46)53-45-39(27-25-33-29-41(35-15-6-2-7-16-35)51-42(30-33)36-17-8-3-9-18-36)23-14-24-40(45)28-26-34-31-43(37-19-10-4-11-20-37)52-44(32-34)38-21-12-5-13-22-38/h2-13,15-22,25-32H,14,23-24H2,1H3/q+1. The maximum atomic E-state index is 4.59. The highest BCUT2D eigenvalue weighted by molar-refractivity contribution is 8.16. The van der Waals surface area contributed by atoms with E-state index in [2.05, 4.69) is 186 Å². The molecule has 0 spiro atoms. The van der Waals surface area contributed by atoms with Crippen molar-refractivity contribution >= 4 is 73.8 Å². The number of hydrogen-bond acceptors (Lipinski definition) is 6. The maximum Gasteiger partial charge on any atom is 0.239 e. The van der Waals surface area contributed by atoms with Crippen molar-refractivity contribution in [2.75, 3.05) is 6.26 Å². The lowest BCUT2D eigenvalue weighted by molar-refractivity contribution is 0.793. The largest absolute Gasteiger partial charge is 0.239 e. The molecule has 2 aliphatic rings. The summed E-state index contributed by atoms with van der Waals surface area (Å²) in [7, 11) is 0. The summed E-state index contributed by atoms with van der Waals surface area (Å²) >= 11 is 8.75. The van der Waals surface area contributed by atoms with Crippen LogP contribution in [0.5, 0.6) is 0 Å². The van der Waals surface area contributed by atoms with Gasteiger partial charge in [0.15, 0.2) is 8.68 Å². The molecule has 0 unspecified atom stereocenters. The first-order valence-corrected chi connectivity index (χ1v) is 22.4. The molecule has 0 atom stereocenters. The SMILES string of the molecule is CSc1nnc(SC2=C(/C=C/c3cc(-c4ccccc4)[s+]c(-c4ccccc4)c3)CCC/C2=C\C=C2C=C(c3ccccc3)SC(c3ccccc3)=C2)s1. The summed E-state index contributed by atoms with van der Waals surface area (Å²) < 4.78 is 1.97. The fourth-order valence-electron chi connectivity index (χ4n) is 6.37. The van der Waals surface area contributed by atoms with Gasteiger partial charge < -0.3 is 0 Å². The lowest BCUT2D eigenvalue weighted by Gasteiger charge is -2.21. The van der Waals surface area contributed by atoms with Crippen molar-refractivity contribution in [2.45, 2.75) is 27.9 Å². The molecular weight excluding hydrogens is 753 g/mol. The van der Waals surface area contributed by atoms with Crippen molar-refractivity contribution < 1.29 is 0 Å². The molecule has 1 aliphatic heterocycles. The topological polar surface area (TPSA) is 25.8 Å². The van der Waals surface area contributed by atoms with E-state index >= 15 is 0 Å². The van der Waals surface area contributed by atoms with Crippen molar-refractivity contribution in [3.8, 4) is 20.9 Å². The third-order valence-corrected chi connectivity index (χ3v) is 14.5. The highest BCUT2D eigenvalue weighted by atomic mass is 32.2. The molecule has 0 saturated heterocycles. The van der Waals surface area contributed by atoms with E-state index in [4.69, 9.17) is 0 Å². The monoisotopic (exact) mass is 789 g/mol. The average molecular weight is 790 g/mol. The fraction of sp³-hybridized carbons (Fsp3) is 0.0851. The number of nitrogens with zero attached hydrogens (tertiary/aromatic N) is 2. The van der Waals surface area contributed by atoms with Gasteiger partial charge in [0, 0.05) is 38.0 Å². The Kier molecular flexibility index (Phi) is 12.0. The number of benzene rings is 4. The van der Waals surface area contributed by atoms with Crippen molar-refractivity contribution in [1.82, 2.24) is 10.2 Å². The van der Waals surface area contributed by atoms with Crippen LogP contribution in [0.25, 0.3) is 36.8 Å². The van der Waals surface area contributed by atoms with E-state index in [0.717, 1.165) is 27.9 Å². The van der Waals surface area contributed by atoms with Gasteiger partial charge in [0.2, 0.25) is 21.1 Å². The Morgan fingerprint density at radius 3 is 1.69 bits per heavy atom. The Morgan fingerprint density at radius 1 is 0.611 bits per heavy atom. The van der Waals surface area contributed by atoms with Gasteiger partial charge in [-0.05, 0) is 95.3 Å². The average Bonchev–Trinajstić information content (AvgIpc) is 3.71. The first-order chi connectivity index (χ1) is 26.7. The molecule has 3 heterocycles. The quantitative estimate of drug-likeness (QED) is 0.102. The minimum atomic E-state index is 0.978. The minimum absolute atomic E-state index is 0.978. The van der Waals surface area contributed by atoms with E-state index in [1.54, 1.807) is 34.9 Å². The van der Waals surface area contributed by atoms with Crippen LogP contribution in [0.3, 0.4) is 0 Å². The zero-order valence-electron chi connectivity index (χ0n) is 29.7. The third kappa shape index (κ3) is 9.06. The number of hydrogen-bond donors (Lipinski definition) is 0. The molecule has 0 saturated carbocycles. The van der Waals surface area contributed by atoms with E-state index in [9.17, 15) is 0 Å². The minimum Gasteiger partial charge on any atom is -0.131 e. The Bertz CT molecular complexity index is 2310. The van der Waals surface area contributed by atoms with Crippen LogP contribution in [-0.2, 0) is 0 Å². The van der Waals surface area contributed by atoms with Crippen LogP contribution < -0.4 is 0 Å². The molecule has 6 aromatic rings. The Labute approximate surface area is 338 Å². The summed E-state index contributed by atoms with van der Waals surface area (Å²) in [6, 6.07) is 47.5. The molecule has 0 amide bonds. The zero-order chi connectivity index (χ0) is 36.5. The Morgan fingerprint density at radius 2 is 1.15 bits per heavy atom. The molecule has 0 radical (unpaired) electrons. The van der Waals surface area contributed by atoms with Crippen molar-refractivity contribution in [3.05, 3.63) is 202 Å². The van der Waals surface area contributed by atoms with Crippen LogP contribution in [-0.4, -0.2) is 16.5 Å². The highest BCUT2D eigenvalue weighted by Crippen LogP contribution is 2.46. The van der Waals surface area contributed by atoms with E-state index in [0.29, 0.717) is 0 Å². The molecule has 54 heavy (non-hydrogen) atoms. The second-order valence-corrected chi connectivity index (χ2v) is 18.2. The lowest BCUT2D eigenvalue weighted by atomic mass is 9.93. The van der Waals surface area contributed by atoms with Crippen molar-refractivity contribution in [3.63, 3.8) is 0 Å². The van der Waals surface area contributed by atoms with Gasteiger partial charge >= 0.3 is 0 Å². The van der Waals surface area contributed by atoms with Crippen LogP contribution in [0.1, 0.15) is 36.0 Å². The van der Waals surface area contributed by atoms with Gasteiger partial charge in [-0.2, -0.15) is 0 Å². The predicted octanol–water partition coefficient (Wildman–Crippen LogP) is 14.9. The van der Waals surface area contributed by atoms with Crippen LogP contribution in [0.15, 0.2) is 194 Å². The van der Waals surface area contributed by atoms with Gasteiger partial charge in [-0.3, -0.25) is 0 Å². The van der Waals surface area contributed by atoms with Crippen molar-refractivity contribution in [1.29, 1.82) is 0 Å². The van der Waals surface area contributed by atoms with Crippen LogP contribution in [0.4, 0.5) is 0 Å². The molecule has 2 nitrogen and oxygen atoms in total. The van der Waals surface area contributed by atoms with Crippen LogP contribution in [0, 0.1) is 0 Å². The number of aromatic nitrogens is 2. The van der Waals surface area contributed by atoms with Gasteiger partial charge in [0.25, 0.3) is 0 Å². The zero-order valence-corrected chi connectivity index (χ0v) is 33.8. The summed E-state index contributed by atoms with van der Waals surface area (Å²) in [6.45, 7) is 0. The predicted molar refractivity (Wildman–Crippen MR) is 240 cm³/mol. The summed E-state index contributed by atoms with van der Waals surface area (Å²) in [5.41, 5.74) is 10.0. The molecule has 264 valence electrons. The molecule has 0 fully saturated rings. The van der Waals surface area contributed by atoms with E-state index < -0.39 is 0 Å². The molecule has 1 aliphatic carbocycles. The van der Waals surface area contributed by atoms with Gasteiger partial charge in [-0.15, -0.1) is 10.2 Å². The fourth-order valence-corrected chi connectivity index (χ4v) is 11.3. The molecule has 4 aromatic carbocycles. The number of rotatable bonds is 10.